The van der Waals surface area contributed by atoms with Gasteiger partial charge < -0.3 is 10.4 Å². The predicted molar refractivity (Wildman–Crippen MR) is 118 cm³/mol. The lowest BCUT2D eigenvalue weighted by molar-refractivity contribution is -0.384. The highest BCUT2D eigenvalue weighted by Gasteiger charge is 2.16. The summed E-state index contributed by atoms with van der Waals surface area (Å²) in [4.78, 5) is 21.7. The van der Waals surface area contributed by atoms with Crippen LogP contribution in [-0.2, 0) is 12.8 Å². The fraction of sp³-hybridized carbons (Fsp3) is 0.136. The third-order valence-electron chi connectivity index (χ3n) is 4.59. The number of halogens is 2. The Kier molecular flexibility index (Phi) is 6.92. The maximum Gasteiger partial charge on any atom is 0.338 e. The Balaban J connectivity index is 1.62. The quantitative estimate of drug-likeness (QED) is 0.304. The van der Waals surface area contributed by atoms with Crippen molar-refractivity contribution in [3.63, 3.8) is 0 Å². The van der Waals surface area contributed by atoms with E-state index in [0.29, 0.717) is 21.4 Å². The molecule has 0 atom stereocenters. The van der Waals surface area contributed by atoms with Crippen LogP contribution in [-0.4, -0.2) is 16.0 Å². The van der Waals surface area contributed by atoms with Crippen LogP contribution in [0.2, 0.25) is 10.0 Å². The summed E-state index contributed by atoms with van der Waals surface area (Å²) in [7, 11) is 0. The molecule has 0 aliphatic heterocycles. The molecule has 0 heterocycles. The highest BCUT2D eigenvalue weighted by atomic mass is 35.5. The van der Waals surface area contributed by atoms with Crippen LogP contribution in [0.5, 0.6) is 0 Å². The van der Waals surface area contributed by atoms with Crippen LogP contribution >= 0.6 is 23.2 Å². The molecule has 0 aromatic heterocycles. The standard InChI is InChI=1S/C22H18Cl2N2O4/c23-19-10-6-15(12-20(19)24)3-1-2-14-4-7-16(8-5-14)25-21-11-9-17(26(29)30)13-18(21)22(27)28/h4-13,25H,1-3H2,(H,27,28). The van der Waals surface area contributed by atoms with Crippen LogP contribution in [0.4, 0.5) is 17.1 Å². The third kappa shape index (κ3) is 5.49. The number of carboxylic acids is 1. The molecule has 30 heavy (non-hydrogen) atoms. The van der Waals surface area contributed by atoms with E-state index in [4.69, 9.17) is 23.2 Å². The molecule has 0 aliphatic rings. The summed E-state index contributed by atoms with van der Waals surface area (Å²) in [6.45, 7) is 0. The second kappa shape index (κ2) is 9.61. The van der Waals surface area contributed by atoms with Crippen LogP contribution in [0.3, 0.4) is 0 Å². The van der Waals surface area contributed by atoms with Crippen LogP contribution in [0.1, 0.15) is 27.9 Å². The minimum absolute atomic E-state index is 0.157. The summed E-state index contributed by atoms with van der Waals surface area (Å²) in [6.07, 6.45) is 2.69. The molecule has 8 heteroatoms. The first kappa shape index (κ1) is 21.6. The highest BCUT2D eigenvalue weighted by Crippen LogP contribution is 2.26. The zero-order valence-corrected chi connectivity index (χ0v) is 17.3. The Morgan fingerprint density at radius 3 is 2.23 bits per heavy atom. The molecular formula is C22H18Cl2N2O4. The summed E-state index contributed by atoms with van der Waals surface area (Å²) in [5.74, 6) is -1.24. The van der Waals surface area contributed by atoms with Gasteiger partial charge in [-0.05, 0) is 60.7 Å². The van der Waals surface area contributed by atoms with Gasteiger partial charge in [0, 0.05) is 17.8 Å². The van der Waals surface area contributed by atoms with Gasteiger partial charge in [-0.1, -0.05) is 41.4 Å². The molecule has 0 unspecified atom stereocenters. The van der Waals surface area contributed by atoms with Crippen molar-refractivity contribution in [2.45, 2.75) is 19.3 Å². The molecule has 0 bridgehead atoms. The average molecular weight is 445 g/mol. The van der Waals surface area contributed by atoms with E-state index in [1.165, 1.54) is 12.1 Å². The van der Waals surface area contributed by atoms with Crippen molar-refractivity contribution >= 4 is 46.2 Å². The van der Waals surface area contributed by atoms with Gasteiger partial charge in [0.25, 0.3) is 5.69 Å². The van der Waals surface area contributed by atoms with Gasteiger partial charge in [0.05, 0.1) is 26.2 Å². The average Bonchev–Trinajstić information content (AvgIpc) is 2.72. The number of anilines is 2. The lowest BCUT2D eigenvalue weighted by atomic mass is 10.0. The number of aryl methyl sites for hydroxylation is 2. The van der Waals surface area contributed by atoms with Gasteiger partial charge in [-0.3, -0.25) is 10.1 Å². The van der Waals surface area contributed by atoms with Crippen LogP contribution in [0, 0.1) is 10.1 Å². The summed E-state index contributed by atoms with van der Waals surface area (Å²) in [6, 6.07) is 17.0. The van der Waals surface area contributed by atoms with Gasteiger partial charge in [0.15, 0.2) is 0 Å². The molecule has 0 fully saturated rings. The molecule has 154 valence electrons. The van der Waals surface area contributed by atoms with Gasteiger partial charge >= 0.3 is 5.97 Å². The first-order chi connectivity index (χ1) is 14.3. The Bertz CT molecular complexity index is 1080. The molecule has 0 radical (unpaired) electrons. The zero-order valence-electron chi connectivity index (χ0n) is 15.8. The number of hydrogen-bond acceptors (Lipinski definition) is 4. The molecule has 6 nitrogen and oxygen atoms in total. The number of carboxylic acid groups (broad SMARTS) is 1. The fourth-order valence-corrected chi connectivity index (χ4v) is 3.35. The normalized spacial score (nSPS) is 10.6. The zero-order chi connectivity index (χ0) is 21.7. The molecule has 0 spiro atoms. The van der Waals surface area contributed by atoms with Gasteiger partial charge in [-0.15, -0.1) is 0 Å². The SMILES string of the molecule is O=C(O)c1cc([N+](=O)[O-])ccc1Nc1ccc(CCCc2ccc(Cl)c(Cl)c2)cc1. The van der Waals surface area contributed by atoms with E-state index < -0.39 is 10.9 Å². The molecule has 3 aromatic rings. The number of carbonyl (C=O) groups is 1. The minimum Gasteiger partial charge on any atom is -0.478 e. The Hall–Kier alpha value is -3.09. The van der Waals surface area contributed by atoms with Crippen molar-refractivity contribution in [2.24, 2.45) is 0 Å². The highest BCUT2D eigenvalue weighted by molar-refractivity contribution is 6.42. The van der Waals surface area contributed by atoms with Crippen molar-refractivity contribution in [3.05, 3.63) is 97.5 Å². The molecule has 3 aromatic carbocycles. The molecule has 0 aliphatic carbocycles. The van der Waals surface area contributed by atoms with E-state index in [1.807, 2.05) is 36.4 Å². The Morgan fingerprint density at radius 1 is 0.933 bits per heavy atom. The van der Waals surface area contributed by atoms with Gasteiger partial charge in [0.1, 0.15) is 0 Å². The molecular weight excluding hydrogens is 427 g/mol. The van der Waals surface area contributed by atoms with E-state index >= 15 is 0 Å². The summed E-state index contributed by atoms with van der Waals surface area (Å²) in [5.41, 5.74) is 2.83. The van der Waals surface area contributed by atoms with Gasteiger partial charge in [0.2, 0.25) is 0 Å². The number of non-ortho nitro benzene ring substituents is 1. The predicted octanol–water partition coefficient (Wildman–Crippen LogP) is 6.52. The number of benzene rings is 3. The largest absolute Gasteiger partial charge is 0.478 e. The molecule has 2 N–H and O–H groups in total. The van der Waals surface area contributed by atoms with E-state index in [1.54, 1.807) is 6.07 Å². The first-order valence-electron chi connectivity index (χ1n) is 9.15. The number of nitrogens with zero attached hydrogens (tertiary/aromatic N) is 1. The molecule has 0 amide bonds. The van der Waals surface area contributed by atoms with Crippen molar-refractivity contribution in [3.8, 4) is 0 Å². The maximum absolute atomic E-state index is 11.4. The first-order valence-corrected chi connectivity index (χ1v) is 9.90. The third-order valence-corrected chi connectivity index (χ3v) is 5.33. The topological polar surface area (TPSA) is 92.5 Å². The van der Waals surface area contributed by atoms with E-state index in [9.17, 15) is 20.0 Å². The number of nitro groups is 1. The number of aromatic carboxylic acids is 1. The molecule has 0 saturated heterocycles. The van der Waals surface area contributed by atoms with E-state index in [2.05, 4.69) is 5.32 Å². The Labute approximate surface area is 183 Å². The number of hydrogen-bond donors (Lipinski definition) is 2. The monoisotopic (exact) mass is 444 g/mol. The number of rotatable bonds is 8. The van der Waals surface area contributed by atoms with Crippen molar-refractivity contribution in [2.75, 3.05) is 5.32 Å². The van der Waals surface area contributed by atoms with Crippen LogP contribution < -0.4 is 5.32 Å². The van der Waals surface area contributed by atoms with E-state index in [0.717, 1.165) is 36.5 Å². The van der Waals surface area contributed by atoms with Crippen molar-refractivity contribution < 1.29 is 14.8 Å². The summed E-state index contributed by atoms with van der Waals surface area (Å²) < 4.78 is 0. The van der Waals surface area contributed by atoms with Gasteiger partial charge in [-0.2, -0.15) is 0 Å². The second-order valence-electron chi connectivity index (χ2n) is 6.72. The fourth-order valence-electron chi connectivity index (χ4n) is 3.03. The lowest BCUT2D eigenvalue weighted by Crippen LogP contribution is -2.04. The van der Waals surface area contributed by atoms with Crippen molar-refractivity contribution in [1.29, 1.82) is 0 Å². The van der Waals surface area contributed by atoms with Gasteiger partial charge in [-0.25, -0.2) is 4.79 Å². The van der Waals surface area contributed by atoms with Crippen molar-refractivity contribution in [1.82, 2.24) is 0 Å². The second-order valence-corrected chi connectivity index (χ2v) is 7.53. The lowest BCUT2D eigenvalue weighted by Gasteiger charge is -2.10. The van der Waals surface area contributed by atoms with E-state index in [-0.39, 0.29) is 11.3 Å². The number of nitro benzene ring substituents is 1. The number of nitrogens with one attached hydrogen (secondary N) is 1. The molecule has 0 saturated carbocycles. The van der Waals surface area contributed by atoms with Crippen LogP contribution in [0.15, 0.2) is 60.7 Å². The van der Waals surface area contributed by atoms with Crippen LogP contribution in [0.25, 0.3) is 0 Å². The summed E-state index contributed by atoms with van der Waals surface area (Å²) in [5, 5.41) is 24.3. The minimum atomic E-state index is -1.24. The Morgan fingerprint density at radius 2 is 1.60 bits per heavy atom. The smallest absolute Gasteiger partial charge is 0.338 e. The molecule has 3 rings (SSSR count). The summed E-state index contributed by atoms with van der Waals surface area (Å²) >= 11 is 12.0. The maximum atomic E-state index is 11.4.